The normalized spacial score (nSPS) is 24.1. The van der Waals surface area contributed by atoms with Crippen molar-refractivity contribution in [3.05, 3.63) is 29.6 Å². The lowest BCUT2D eigenvalue weighted by Gasteiger charge is -2.31. The van der Waals surface area contributed by atoms with E-state index in [4.69, 9.17) is 10.5 Å². The van der Waals surface area contributed by atoms with Gasteiger partial charge in [0.2, 0.25) is 0 Å². The van der Waals surface area contributed by atoms with E-state index < -0.39 is 0 Å². The lowest BCUT2D eigenvalue weighted by Crippen LogP contribution is -2.30. The van der Waals surface area contributed by atoms with Gasteiger partial charge >= 0.3 is 0 Å². The van der Waals surface area contributed by atoms with Crippen LogP contribution in [0.5, 0.6) is 5.75 Å². The molecule has 0 saturated carbocycles. The zero-order chi connectivity index (χ0) is 11.7. The summed E-state index contributed by atoms with van der Waals surface area (Å²) in [6, 6.07) is 4.47. The second-order valence-corrected chi connectivity index (χ2v) is 4.89. The fraction of sp³-hybridized carbons (Fsp3) is 0.538. The summed E-state index contributed by atoms with van der Waals surface area (Å²) < 4.78 is 18.9. The van der Waals surface area contributed by atoms with Crippen molar-refractivity contribution in [1.29, 1.82) is 0 Å². The van der Waals surface area contributed by atoms with Crippen LogP contribution in [-0.4, -0.2) is 6.10 Å². The van der Waals surface area contributed by atoms with Gasteiger partial charge in [0.15, 0.2) is 0 Å². The minimum Gasteiger partial charge on any atom is -0.490 e. The molecule has 1 aliphatic heterocycles. The van der Waals surface area contributed by atoms with Crippen LogP contribution in [0, 0.1) is 11.7 Å². The Hall–Kier alpha value is -1.09. The molecule has 2 nitrogen and oxygen atoms in total. The Kier molecular flexibility index (Phi) is 3.15. The summed E-state index contributed by atoms with van der Waals surface area (Å²) in [6.07, 6.45) is 1.92. The summed E-state index contributed by atoms with van der Waals surface area (Å²) in [7, 11) is 0. The molecule has 0 radical (unpaired) electrons. The first-order chi connectivity index (χ1) is 7.56. The molecule has 1 aromatic carbocycles. The number of hydrogen-bond donors (Lipinski definition) is 1. The summed E-state index contributed by atoms with van der Waals surface area (Å²) in [6.45, 7) is 4.32. The molecular formula is C13H18FNO. The predicted octanol–water partition coefficient (Wildman–Crippen LogP) is 3.02. The van der Waals surface area contributed by atoms with E-state index >= 15 is 0 Å². The number of hydrogen-bond acceptors (Lipinski definition) is 2. The zero-order valence-corrected chi connectivity index (χ0v) is 9.74. The maximum absolute atomic E-state index is 13.1. The van der Waals surface area contributed by atoms with E-state index in [0.29, 0.717) is 5.92 Å². The van der Waals surface area contributed by atoms with Crippen LogP contribution in [0.2, 0.25) is 0 Å². The minimum absolute atomic E-state index is 0.108. The third-order valence-corrected chi connectivity index (χ3v) is 2.92. The Bertz CT molecular complexity index is 378. The molecule has 3 heteroatoms. The van der Waals surface area contributed by atoms with Crippen LogP contribution in [0.4, 0.5) is 4.39 Å². The Balaban J connectivity index is 2.20. The number of benzene rings is 1. The maximum atomic E-state index is 13.1. The highest BCUT2D eigenvalue weighted by molar-refractivity contribution is 5.38. The number of ether oxygens (including phenoxy) is 1. The zero-order valence-electron chi connectivity index (χ0n) is 9.74. The SMILES string of the molecule is CC(C)CC1CC(N)c2cc(F)ccc2O1. The van der Waals surface area contributed by atoms with Crippen molar-refractivity contribution in [3.63, 3.8) is 0 Å². The molecule has 0 spiro atoms. The van der Waals surface area contributed by atoms with E-state index in [1.165, 1.54) is 12.1 Å². The van der Waals surface area contributed by atoms with Gasteiger partial charge in [0.1, 0.15) is 17.7 Å². The Labute approximate surface area is 95.6 Å². The van der Waals surface area contributed by atoms with Gasteiger partial charge < -0.3 is 10.5 Å². The van der Waals surface area contributed by atoms with E-state index in [-0.39, 0.29) is 18.0 Å². The molecule has 0 aromatic heterocycles. The van der Waals surface area contributed by atoms with Gasteiger partial charge in [-0.3, -0.25) is 0 Å². The van der Waals surface area contributed by atoms with E-state index in [9.17, 15) is 4.39 Å². The van der Waals surface area contributed by atoms with Gasteiger partial charge in [0, 0.05) is 18.0 Å². The smallest absolute Gasteiger partial charge is 0.124 e. The van der Waals surface area contributed by atoms with Crippen molar-refractivity contribution in [1.82, 2.24) is 0 Å². The molecule has 2 N–H and O–H groups in total. The monoisotopic (exact) mass is 223 g/mol. The first-order valence-corrected chi connectivity index (χ1v) is 5.78. The molecule has 0 amide bonds. The van der Waals surface area contributed by atoms with E-state index in [0.717, 1.165) is 24.2 Å². The topological polar surface area (TPSA) is 35.2 Å². The highest BCUT2D eigenvalue weighted by Gasteiger charge is 2.26. The summed E-state index contributed by atoms with van der Waals surface area (Å²) in [4.78, 5) is 0. The predicted molar refractivity (Wildman–Crippen MR) is 61.8 cm³/mol. The number of halogens is 1. The van der Waals surface area contributed by atoms with Gasteiger partial charge in [0.05, 0.1) is 0 Å². The third kappa shape index (κ3) is 2.35. The van der Waals surface area contributed by atoms with Gasteiger partial charge in [-0.15, -0.1) is 0 Å². The molecular weight excluding hydrogens is 205 g/mol. The lowest BCUT2D eigenvalue weighted by atomic mass is 9.93. The highest BCUT2D eigenvalue weighted by atomic mass is 19.1. The van der Waals surface area contributed by atoms with Gasteiger partial charge in [-0.05, 0) is 30.5 Å². The van der Waals surface area contributed by atoms with Crippen molar-refractivity contribution in [3.8, 4) is 5.75 Å². The Morgan fingerprint density at radius 2 is 2.25 bits per heavy atom. The summed E-state index contributed by atoms with van der Waals surface area (Å²) in [5, 5.41) is 0. The molecule has 1 aromatic rings. The highest BCUT2D eigenvalue weighted by Crippen LogP contribution is 2.35. The van der Waals surface area contributed by atoms with Gasteiger partial charge in [-0.2, -0.15) is 0 Å². The third-order valence-electron chi connectivity index (χ3n) is 2.92. The average molecular weight is 223 g/mol. The largest absolute Gasteiger partial charge is 0.490 e. The van der Waals surface area contributed by atoms with Crippen LogP contribution >= 0.6 is 0 Å². The second-order valence-electron chi connectivity index (χ2n) is 4.89. The number of nitrogens with two attached hydrogens (primary N) is 1. The quantitative estimate of drug-likeness (QED) is 0.836. The lowest BCUT2D eigenvalue weighted by molar-refractivity contribution is 0.136. The van der Waals surface area contributed by atoms with Gasteiger partial charge in [-0.1, -0.05) is 13.8 Å². The molecule has 2 rings (SSSR count). The number of fused-ring (bicyclic) bond motifs is 1. The van der Waals surface area contributed by atoms with Crippen molar-refractivity contribution in [2.24, 2.45) is 11.7 Å². The molecule has 0 fully saturated rings. The molecule has 0 saturated heterocycles. The van der Waals surface area contributed by atoms with Crippen LogP contribution in [0.25, 0.3) is 0 Å². The van der Waals surface area contributed by atoms with Gasteiger partial charge in [-0.25, -0.2) is 4.39 Å². The molecule has 2 atom stereocenters. The van der Waals surface area contributed by atoms with Crippen LogP contribution in [-0.2, 0) is 0 Å². The molecule has 0 bridgehead atoms. The molecule has 2 unspecified atom stereocenters. The second kappa shape index (κ2) is 4.42. The van der Waals surface area contributed by atoms with E-state index in [2.05, 4.69) is 13.8 Å². The first-order valence-electron chi connectivity index (χ1n) is 5.78. The van der Waals surface area contributed by atoms with Crippen molar-refractivity contribution in [2.75, 3.05) is 0 Å². The average Bonchev–Trinajstić information content (AvgIpc) is 2.18. The minimum atomic E-state index is -0.250. The standard InChI is InChI=1S/C13H18FNO/c1-8(2)5-10-7-12(15)11-6-9(14)3-4-13(11)16-10/h3-4,6,8,10,12H,5,7,15H2,1-2H3. The van der Waals surface area contributed by atoms with Crippen LogP contribution in [0.1, 0.15) is 38.3 Å². The van der Waals surface area contributed by atoms with E-state index in [1.54, 1.807) is 6.07 Å². The molecule has 16 heavy (non-hydrogen) atoms. The van der Waals surface area contributed by atoms with E-state index in [1.807, 2.05) is 0 Å². The first kappa shape index (κ1) is 11.4. The van der Waals surface area contributed by atoms with Crippen molar-refractivity contribution < 1.29 is 9.13 Å². The number of rotatable bonds is 2. The molecule has 1 heterocycles. The molecule has 1 aliphatic rings. The Morgan fingerprint density at radius 1 is 1.50 bits per heavy atom. The fourth-order valence-corrected chi connectivity index (χ4v) is 2.22. The van der Waals surface area contributed by atoms with Crippen LogP contribution < -0.4 is 10.5 Å². The van der Waals surface area contributed by atoms with Crippen molar-refractivity contribution in [2.45, 2.75) is 38.8 Å². The van der Waals surface area contributed by atoms with Crippen LogP contribution in [0.3, 0.4) is 0 Å². The van der Waals surface area contributed by atoms with Crippen LogP contribution in [0.15, 0.2) is 18.2 Å². The Morgan fingerprint density at radius 3 is 2.94 bits per heavy atom. The van der Waals surface area contributed by atoms with Crippen molar-refractivity contribution >= 4 is 0 Å². The summed E-state index contributed by atoms with van der Waals surface area (Å²) in [5.74, 6) is 1.07. The molecule has 88 valence electrons. The summed E-state index contributed by atoms with van der Waals surface area (Å²) in [5.41, 5.74) is 6.83. The maximum Gasteiger partial charge on any atom is 0.124 e. The fourth-order valence-electron chi connectivity index (χ4n) is 2.22. The summed E-state index contributed by atoms with van der Waals surface area (Å²) >= 11 is 0. The van der Waals surface area contributed by atoms with Gasteiger partial charge in [0.25, 0.3) is 0 Å². The molecule has 0 aliphatic carbocycles.